The van der Waals surface area contributed by atoms with Crippen LogP contribution in [0.5, 0.6) is 0 Å². The summed E-state index contributed by atoms with van der Waals surface area (Å²) < 4.78 is 1.06. The topological polar surface area (TPSA) is 61.4 Å². The molecule has 1 fully saturated rings. The molecule has 21 heavy (non-hydrogen) atoms. The average Bonchev–Trinajstić information content (AvgIpc) is 2.84. The number of β-amino-alcohol motifs (C(OH)–C–C–N with tert-alkyl or cyclic N) is 1. The van der Waals surface area contributed by atoms with E-state index >= 15 is 0 Å². The summed E-state index contributed by atoms with van der Waals surface area (Å²) in [5, 5.41) is 15.6. The van der Waals surface area contributed by atoms with E-state index in [1.807, 2.05) is 24.3 Å². The van der Waals surface area contributed by atoms with Crippen LogP contribution in [-0.4, -0.2) is 42.5 Å². The maximum atomic E-state index is 11.7. The Morgan fingerprint density at radius 1 is 1.38 bits per heavy atom. The molecule has 0 radical (unpaired) electrons. The maximum Gasteiger partial charge on any atom is 0.220 e. The molecule has 1 heterocycles. The molecule has 1 aliphatic heterocycles. The van der Waals surface area contributed by atoms with E-state index < -0.39 is 0 Å². The van der Waals surface area contributed by atoms with E-state index in [1.165, 1.54) is 0 Å². The normalized spacial score (nSPS) is 20.9. The minimum atomic E-state index is -0.340. The second-order valence-corrected chi connectivity index (χ2v) is 6.93. The van der Waals surface area contributed by atoms with Crippen molar-refractivity contribution >= 4 is 46.0 Å². The number of hydrogen-bond acceptors (Lipinski definition) is 4. The van der Waals surface area contributed by atoms with E-state index in [0.717, 1.165) is 21.7 Å². The van der Waals surface area contributed by atoms with Crippen molar-refractivity contribution < 1.29 is 9.90 Å². The van der Waals surface area contributed by atoms with Crippen LogP contribution < -0.4 is 10.6 Å². The number of carbonyl (C=O) groups is 1. The summed E-state index contributed by atoms with van der Waals surface area (Å²) in [6.07, 6.45) is 0.157. The number of hydrogen-bond donors (Lipinski definition) is 3. The molecule has 2 atom stereocenters. The van der Waals surface area contributed by atoms with Crippen LogP contribution in [0.4, 0.5) is 0 Å². The molecule has 0 bridgehead atoms. The van der Waals surface area contributed by atoms with Gasteiger partial charge in [0.1, 0.15) is 0 Å². The Hall–Kier alpha value is -0.270. The number of amides is 1. The lowest BCUT2D eigenvalue weighted by atomic mass is 10.1. The van der Waals surface area contributed by atoms with E-state index in [0.29, 0.717) is 19.5 Å². The van der Waals surface area contributed by atoms with Crippen LogP contribution in [-0.2, 0) is 4.79 Å². The van der Waals surface area contributed by atoms with Gasteiger partial charge >= 0.3 is 0 Å². The molecular formula is C14H20BrClN2O2S. The Balaban J connectivity index is 0.00000220. The van der Waals surface area contributed by atoms with Gasteiger partial charge in [0, 0.05) is 47.1 Å². The third-order valence-electron chi connectivity index (χ3n) is 3.28. The van der Waals surface area contributed by atoms with Crippen LogP contribution in [0.15, 0.2) is 33.6 Å². The molecule has 0 saturated carbocycles. The molecule has 3 N–H and O–H groups in total. The lowest BCUT2D eigenvalue weighted by Gasteiger charge is -2.13. The molecule has 1 aromatic carbocycles. The highest BCUT2D eigenvalue weighted by atomic mass is 79.9. The predicted molar refractivity (Wildman–Crippen MR) is 92.1 cm³/mol. The van der Waals surface area contributed by atoms with Gasteiger partial charge in [-0.3, -0.25) is 4.79 Å². The first-order chi connectivity index (χ1) is 9.65. The molecule has 1 aromatic rings. The molecule has 1 amide bonds. The number of benzene rings is 1. The van der Waals surface area contributed by atoms with Gasteiger partial charge < -0.3 is 15.7 Å². The number of rotatable bonds is 6. The Kier molecular flexibility index (Phi) is 8.66. The number of aliphatic hydroxyl groups is 1. The van der Waals surface area contributed by atoms with Crippen molar-refractivity contribution in [2.75, 3.05) is 25.4 Å². The van der Waals surface area contributed by atoms with Gasteiger partial charge in [-0.05, 0) is 24.3 Å². The molecule has 1 aliphatic rings. The van der Waals surface area contributed by atoms with Gasteiger partial charge in [-0.25, -0.2) is 0 Å². The molecule has 7 heteroatoms. The van der Waals surface area contributed by atoms with Gasteiger partial charge in [-0.1, -0.05) is 15.9 Å². The highest BCUT2D eigenvalue weighted by Crippen LogP contribution is 2.21. The summed E-state index contributed by atoms with van der Waals surface area (Å²) in [5.74, 6) is 0.950. The second-order valence-electron chi connectivity index (χ2n) is 4.84. The molecule has 0 aliphatic carbocycles. The summed E-state index contributed by atoms with van der Waals surface area (Å²) in [7, 11) is 0. The zero-order valence-electron chi connectivity index (χ0n) is 11.5. The van der Waals surface area contributed by atoms with Crippen molar-refractivity contribution in [3.8, 4) is 0 Å². The lowest BCUT2D eigenvalue weighted by molar-refractivity contribution is -0.120. The Bertz CT molecular complexity index is 447. The summed E-state index contributed by atoms with van der Waals surface area (Å²) >= 11 is 5.07. The van der Waals surface area contributed by atoms with Crippen molar-refractivity contribution in [3.63, 3.8) is 0 Å². The van der Waals surface area contributed by atoms with Crippen LogP contribution in [0.25, 0.3) is 0 Å². The van der Waals surface area contributed by atoms with E-state index in [1.54, 1.807) is 11.8 Å². The largest absolute Gasteiger partial charge is 0.391 e. The number of halogens is 2. The fourth-order valence-electron chi connectivity index (χ4n) is 2.05. The number of aliphatic hydroxyl groups excluding tert-OH is 1. The SMILES string of the molecule is Cl.O=C(CCSc1ccc(Br)cc1)NCC1CNCC1O. The number of thioether (sulfide) groups is 1. The van der Waals surface area contributed by atoms with Crippen LogP contribution in [0.2, 0.25) is 0 Å². The van der Waals surface area contributed by atoms with Crippen LogP contribution in [0.1, 0.15) is 6.42 Å². The van der Waals surface area contributed by atoms with E-state index in [9.17, 15) is 9.90 Å². The van der Waals surface area contributed by atoms with Crippen LogP contribution in [0, 0.1) is 5.92 Å². The fourth-order valence-corrected chi connectivity index (χ4v) is 3.17. The van der Waals surface area contributed by atoms with Crippen LogP contribution in [0.3, 0.4) is 0 Å². The van der Waals surface area contributed by atoms with Crippen molar-refractivity contribution in [2.24, 2.45) is 5.92 Å². The van der Waals surface area contributed by atoms with Gasteiger partial charge in [-0.15, -0.1) is 24.2 Å². The second kappa shape index (κ2) is 9.69. The van der Waals surface area contributed by atoms with Crippen molar-refractivity contribution in [1.82, 2.24) is 10.6 Å². The third-order valence-corrected chi connectivity index (χ3v) is 4.82. The van der Waals surface area contributed by atoms with Gasteiger partial charge in [-0.2, -0.15) is 0 Å². The van der Waals surface area contributed by atoms with E-state index in [-0.39, 0.29) is 30.3 Å². The van der Waals surface area contributed by atoms with E-state index in [4.69, 9.17) is 0 Å². The molecule has 4 nitrogen and oxygen atoms in total. The zero-order chi connectivity index (χ0) is 14.4. The average molecular weight is 396 g/mol. The molecule has 0 aromatic heterocycles. The van der Waals surface area contributed by atoms with Crippen molar-refractivity contribution in [1.29, 1.82) is 0 Å². The summed E-state index contributed by atoms with van der Waals surface area (Å²) in [4.78, 5) is 12.9. The Labute approximate surface area is 144 Å². The Morgan fingerprint density at radius 3 is 2.71 bits per heavy atom. The molecule has 1 saturated heterocycles. The molecule has 2 unspecified atom stereocenters. The zero-order valence-corrected chi connectivity index (χ0v) is 14.8. The first kappa shape index (κ1) is 18.8. The van der Waals surface area contributed by atoms with Gasteiger partial charge in [0.15, 0.2) is 0 Å². The summed E-state index contributed by atoms with van der Waals surface area (Å²) in [5.41, 5.74) is 0. The molecule has 2 rings (SSSR count). The third kappa shape index (κ3) is 6.57. The maximum absolute atomic E-state index is 11.7. The smallest absolute Gasteiger partial charge is 0.220 e. The van der Waals surface area contributed by atoms with Crippen molar-refractivity contribution in [3.05, 3.63) is 28.7 Å². The quantitative estimate of drug-likeness (QED) is 0.645. The summed E-state index contributed by atoms with van der Waals surface area (Å²) in [6, 6.07) is 8.06. The summed E-state index contributed by atoms with van der Waals surface area (Å²) in [6.45, 7) is 1.95. The standard InChI is InChI=1S/C14H19BrN2O2S.ClH/c15-11-1-3-12(4-2-11)20-6-5-14(19)17-8-10-7-16-9-13(10)18;/h1-4,10,13,16,18H,5-9H2,(H,17,19);1H. The minimum Gasteiger partial charge on any atom is -0.391 e. The van der Waals surface area contributed by atoms with Gasteiger partial charge in [0.2, 0.25) is 5.91 Å². The van der Waals surface area contributed by atoms with Gasteiger partial charge in [0.05, 0.1) is 6.10 Å². The monoisotopic (exact) mass is 394 g/mol. The van der Waals surface area contributed by atoms with Gasteiger partial charge in [0.25, 0.3) is 0 Å². The fraction of sp³-hybridized carbons (Fsp3) is 0.500. The molecule has 0 spiro atoms. The predicted octanol–water partition coefficient (Wildman–Crippen LogP) is 2.05. The first-order valence-corrected chi connectivity index (χ1v) is 8.47. The molecule has 118 valence electrons. The minimum absolute atomic E-state index is 0. The molecular weight excluding hydrogens is 376 g/mol. The lowest BCUT2D eigenvalue weighted by Crippen LogP contribution is -2.34. The number of nitrogens with one attached hydrogen (secondary N) is 2. The Morgan fingerprint density at radius 2 is 2.10 bits per heavy atom. The van der Waals surface area contributed by atoms with E-state index in [2.05, 4.69) is 26.6 Å². The van der Waals surface area contributed by atoms with Crippen molar-refractivity contribution in [2.45, 2.75) is 17.4 Å². The van der Waals surface area contributed by atoms with Crippen LogP contribution >= 0.6 is 40.1 Å². The highest BCUT2D eigenvalue weighted by molar-refractivity contribution is 9.10. The first-order valence-electron chi connectivity index (χ1n) is 6.69. The highest BCUT2D eigenvalue weighted by Gasteiger charge is 2.24. The number of carbonyl (C=O) groups excluding carboxylic acids is 1.